The first-order valence-corrected chi connectivity index (χ1v) is 7.80. The van der Waals surface area contributed by atoms with Crippen molar-refractivity contribution in [3.05, 3.63) is 51.6 Å². The summed E-state index contributed by atoms with van der Waals surface area (Å²) in [5.74, 6) is 0.957. The molecule has 1 saturated heterocycles. The Labute approximate surface area is 139 Å². The van der Waals surface area contributed by atoms with Crippen LogP contribution in [0, 0.1) is 10.1 Å². The van der Waals surface area contributed by atoms with E-state index in [1.165, 1.54) is 0 Å². The minimum atomic E-state index is -0.375. The standard InChI is InChI=1S/C15H18ClN5O2/c1-18-14(16)10-17-15(18)11-19-6-8-20(9-7-19)12-2-4-13(5-3-12)21(22)23/h2-5,10H,6-9,11H2,1H3. The number of hydrogen-bond acceptors (Lipinski definition) is 5. The smallest absolute Gasteiger partial charge is 0.269 e. The molecule has 1 aromatic carbocycles. The highest BCUT2D eigenvalue weighted by Gasteiger charge is 2.19. The number of imidazole rings is 1. The number of aromatic nitrogens is 2. The zero-order valence-corrected chi connectivity index (χ0v) is 13.6. The van der Waals surface area contributed by atoms with Crippen molar-refractivity contribution < 1.29 is 4.92 Å². The first kappa shape index (κ1) is 15.8. The second-order valence-corrected chi connectivity index (χ2v) is 5.98. The second-order valence-electron chi connectivity index (χ2n) is 5.59. The number of benzene rings is 1. The first-order chi connectivity index (χ1) is 11.0. The normalized spacial score (nSPS) is 15.8. The van der Waals surface area contributed by atoms with Crippen molar-refractivity contribution in [2.75, 3.05) is 31.1 Å². The summed E-state index contributed by atoms with van der Waals surface area (Å²) in [7, 11) is 1.91. The largest absolute Gasteiger partial charge is 0.369 e. The van der Waals surface area contributed by atoms with Crippen LogP contribution < -0.4 is 4.90 Å². The predicted molar refractivity (Wildman–Crippen MR) is 88.8 cm³/mol. The van der Waals surface area contributed by atoms with Gasteiger partial charge in [0.05, 0.1) is 17.7 Å². The maximum Gasteiger partial charge on any atom is 0.269 e. The van der Waals surface area contributed by atoms with E-state index < -0.39 is 0 Å². The lowest BCUT2D eigenvalue weighted by molar-refractivity contribution is -0.384. The van der Waals surface area contributed by atoms with Gasteiger partial charge in [-0.05, 0) is 12.1 Å². The van der Waals surface area contributed by atoms with Crippen molar-refractivity contribution in [2.45, 2.75) is 6.54 Å². The zero-order chi connectivity index (χ0) is 16.4. The molecule has 0 aliphatic carbocycles. The van der Waals surface area contributed by atoms with Crippen molar-refractivity contribution >= 4 is 23.0 Å². The molecule has 1 aromatic heterocycles. The van der Waals surface area contributed by atoms with Crippen LogP contribution in [0.25, 0.3) is 0 Å². The molecule has 0 saturated carbocycles. The van der Waals surface area contributed by atoms with Crippen molar-refractivity contribution in [1.82, 2.24) is 14.5 Å². The van der Waals surface area contributed by atoms with Crippen molar-refractivity contribution in [3.8, 4) is 0 Å². The highest BCUT2D eigenvalue weighted by Crippen LogP contribution is 2.21. The van der Waals surface area contributed by atoms with Gasteiger partial charge in [-0.15, -0.1) is 0 Å². The summed E-state index contributed by atoms with van der Waals surface area (Å²) in [6.45, 7) is 4.38. The fraction of sp³-hybridized carbons (Fsp3) is 0.400. The van der Waals surface area contributed by atoms with Crippen LogP contribution in [0.5, 0.6) is 0 Å². The Kier molecular flexibility index (Phi) is 4.49. The third kappa shape index (κ3) is 3.46. The molecule has 23 heavy (non-hydrogen) atoms. The number of nitrogens with zero attached hydrogens (tertiary/aromatic N) is 5. The number of nitro groups is 1. The Morgan fingerprint density at radius 1 is 1.22 bits per heavy atom. The summed E-state index contributed by atoms with van der Waals surface area (Å²) >= 11 is 6.01. The van der Waals surface area contributed by atoms with Crippen LogP contribution in [-0.2, 0) is 13.6 Å². The van der Waals surface area contributed by atoms with E-state index in [0.717, 1.165) is 44.2 Å². The van der Waals surface area contributed by atoms with Gasteiger partial charge in [0.25, 0.3) is 5.69 Å². The van der Waals surface area contributed by atoms with Gasteiger partial charge in [0.2, 0.25) is 0 Å². The average molecular weight is 336 g/mol. The summed E-state index contributed by atoms with van der Waals surface area (Å²) in [6, 6.07) is 6.73. The highest BCUT2D eigenvalue weighted by molar-refractivity contribution is 6.29. The van der Waals surface area contributed by atoms with Gasteiger partial charge in [0, 0.05) is 51.0 Å². The molecule has 1 fully saturated rings. The molecule has 2 heterocycles. The first-order valence-electron chi connectivity index (χ1n) is 7.42. The topological polar surface area (TPSA) is 67.4 Å². The third-order valence-electron chi connectivity index (χ3n) is 4.19. The molecule has 0 bridgehead atoms. The van der Waals surface area contributed by atoms with Gasteiger partial charge >= 0.3 is 0 Å². The monoisotopic (exact) mass is 335 g/mol. The molecule has 2 aromatic rings. The molecule has 0 unspecified atom stereocenters. The minimum absolute atomic E-state index is 0.124. The van der Waals surface area contributed by atoms with Crippen LogP contribution in [0.15, 0.2) is 30.5 Å². The van der Waals surface area contributed by atoms with Gasteiger partial charge in [-0.25, -0.2) is 4.98 Å². The van der Waals surface area contributed by atoms with E-state index in [1.54, 1.807) is 18.3 Å². The Morgan fingerprint density at radius 3 is 2.39 bits per heavy atom. The second kappa shape index (κ2) is 6.55. The van der Waals surface area contributed by atoms with E-state index in [-0.39, 0.29) is 10.6 Å². The van der Waals surface area contributed by atoms with E-state index in [9.17, 15) is 10.1 Å². The van der Waals surface area contributed by atoms with Crippen molar-refractivity contribution in [2.24, 2.45) is 7.05 Å². The van der Waals surface area contributed by atoms with E-state index in [0.29, 0.717) is 5.15 Å². The van der Waals surface area contributed by atoms with Crippen LogP contribution in [0.2, 0.25) is 5.15 Å². The van der Waals surface area contributed by atoms with Gasteiger partial charge in [0.15, 0.2) is 0 Å². The van der Waals surface area contributed by atoms with Crippen LogP contribution in [0.1, 0.15) is 5.82 Å². The number of halogens is 1. The summed E-state index contributed by atoms with van der Waals surface area (Å²) in [5, 5.41) is 11.3. The lowest BCUT2D eigenvalue weighted by Crippen LogP contribution is -2.46. The summed E-state index contributed by atoms with van der Waals surface area (Å²) in [5.41, 5.74) is 1.15. The van der Waals surface area contributed by atoms with Crippen molar-refractivity contribution in [3.63, 3.8) is 0 Å². The van der Waals surface area contributed by atoms with E-state index in [2.05, 4.69) is 14.8 Å². The highest BCUT2D eigenvalue weighted by atomic mass is 35.5. The van der Waals surface area contributed by atoms with Crippen LogP contribution >= 0.6 is 11.6 Å². The Morgan fingerprint density at radius 2 is 1.87 bits per heavy atom. The third-order valence-corrected chi connectivity index (χ3v) is 4.54. The molecular formula is C15H18ClN5O2. The van der Waals surface area contributed by atoms with Gasteiger partial charge in [-0.1, -0.05) is 11.6 Å². The fourth-order valence-electron chi connectivity index (χ4n) is 2.72. The Balaban J connectivity index is 1.57. The number of piperazine rings is 1. The van der Waals surface area contributed by atoms with Crippen LogP contribution in [0.4, 0.5) is 11.4 Å². The lowest BCUT2D eigenvalue weighted by Gasteiger charge is -2.35. The molecule has 3 rings (SSSR count). The Bertz CT molecular complexity index is 692. The molecule has 1 aliphatic heterocycles. The number of nitro benzene ring substituents is 1. The van der Waals surface area contributed by atoms with E-state index in [4.69, 9.17) is 11.6 Å². The zero-order valence-electron chi connectivity index (χ0n) is 12.9. The molecular weight excluding hydrogens is 318 g/mol. The molecule has 122 valence electrons. The molecule has 0 N–H and O–H groups in total. The molecule has 0 spiro atoms. The van der Waals surface area contributed by atoms with Gasteiger partial charge < -0.3 is 9.47 Å². The molecule has 8 heteroatoms. The summed E-state index contributed by atoms with van der Waals surface area (Å²) in [6.07, 6.45) is 1.67. The summed E-state index contributed by atoms with van der Waals surface area (Å²) in [4.78, 5) is 19.2. The van der Waals surface area contributed by atoms with Crippen LogP contribution in [0.3, 0.4) is 0 Å². The number of hydrogen-bond donors (Lipinski definition) is 0. The predicted octanol–water partition coefficient (Wildman–Crippen LogP) is 2.30. The summed E-state index contributed by atoms with van der Waals surface area (Å²) < 4.78 is 1.89. The lowest BCUT2D eigenvalue weighted by atomic mass is 10.2. The molecule has 0 atom stereocenters. The average Bonchev–Trinajstić information content (AvgIpc) is 2.88. The SMILES string of the molecule is Cn1c(Cl)cnc1CN1CCN(c2ccc([N+](=O)[O-])cc2)CC1. The van der Waals surface area contributed by atoms with E-state index >= 15 is 0 Å². The Hall–Kier alpha value is -2.12. The quantitative estimate of drug-likeness (QED) is 0.633. The van der Waals surface area contributed by atoms with Crippen LogP contribution in [-0.4, -0.2) is 45.6 Å². The van der Waals surface area contributed by atoms with Gasteiger partial charge in [-0.3, -0.25) is 15.0 Å². The number of non-ortho nitro benzene ring substituents is 1. The van der Waals surface area contributed by atoms with Gasteiger partial charge in [-0.2, -0.15) is 0 Å². The van der Waals surface area contributed by atoms with E-state index in [1.807, 2.05) is 23.7 Å². The molecule has 0 radical (unpaired) electrons. The number of anilines is 1. The molecule has 1 aliphatic rings. The maximum atomic E-state index is 10.7. The molecule has 0 amide bonds. The molecule has 7 nitrogen and oxygen atoms in total. The number of rotatable bonds is 4. The minimum Gasteiger partial charge on any atom is -0.369 e. The fourth-order valence-corrected chi connectivity index (χ4v) is 2.87. The maximum absolute atomic E-state index is 10.7. The van der Waals surface area contributed by atoms with Gasteiger partial charge in [0.1, 0.15) is 11.0 Å². The van der Waals surface area contributed by atoms with Crippen molar-refractivity contribution in [1.29, 1.82) is 0 Å².